The molecule has 3 heterocycles. The number of pyridine rings is 1. The SMILES string of the molecule is Cc1noc(-c2ccnc(NCCCc3csc(N)n3)c2)n1. The number of nitrogens with two attached hydrogens (primary N) is 1. The molecule has 0 bridgehead atoms. The van der Waals surface area contributed by atoms with E-state index in [0.29, 0.717) is 16.8 Å². The summed E-state index contributed by atoms with van der Waals surface area (Å²) in [5.74, 6) is 1.90. The lowest BCUT2D eigenvalue weighted by Crippen LogP contribution is -2.04. The summed E-state index contributed by atoms with van der Waals surface area (Å²) in [6, 6.07) is 3.74. The third-order valence-electron chi connectivity index (χ3n) is 3.02. The Morgan fingerprint density at radius 3 is 3.00 bits per heavy atom. The van der Waals surface area contributed by atoms with Gasteiger partial charge in [0.2, 0.25) is 0 Å². The van der Waals surface area contributed by atoms with Gasteiger partial charge in [-0.15, -0.1) is 11.3 Å². The predicted molar refractivity (Wildman–Crippen MR) is 85.6 cm³/mol. The van der Waals surface area contributed by atoms with Crippen LogP contribution in [-0.4, -0.2) is 26.7 Å². The molecule has 3 N–H and O–H groups in total. The second-order valence-corrected chi connectivity index (χ2v) is 5.67. The Bertz CT molecular complexity index is 753. The van der Waals surface area contributed by atoms with Gasteiger partial charge in [0.15, 0.2) is 11.0 Å². The van der Waals surface area contributed by atoms with Crippen LogP contribution in [-0.2, 0) is 6.42 Å². The normalized spacial score (nSPS) is 10.8. The minimum atomic E-state index is 0.501. The molecular weight excluding hydrogens is 300 g/mol. The molecule has 7 nitrogen and oxygen atoms in total. The summed E-state index contributed by atoms with van der Waals surface area (Å²) >= 11 is 1.47. The number of rotatable bonds is 6. The van der Waals surface area contributed by atoms with Crippen LogP contribution in [0.4, 0.5) is 10.9 Å². The second-order valence-electron chi connectivity index (χ2n) is 4.78. The van der Waals surface area contributed by atoms with Crippen LogP contribution in [0.25, 0.3) is 11.5 Å². The molecule has 0 unspecified atom stereocenters. The Balaban J connectivity index is 1.54. The molecule has 3 aromatic rings. The molecule has 0 aliphatic heterocycles. The summed E-state index contributed by atoms with van der Waals surface area (Å²) in [5.41, 5.74) is 7.50. The highest BCUT2D eigenvalue weighted by Crippen LogP contribution is 2.19. The second kappa shape index (κ2) is 6.52. The molecule has 3 aromatic heterocycles. The lowest BCUT2D eigenvalue weighted by atomic mass is 10.2. The molecule has 0 aliphatic rings. The number of nitrogens with one attached hydrogen (secondary N) is 1. The molecular formula is C14H16N6OS. The minimum Gasteiger partial charge on any atom is -0.375 e. The highest BCUT2D eigenvalue weighted by Gasteiger charge is 2.07. The zero-order valence-corrected chi connectivity index (χ0v) is 12.9. The Morgan fingerprint density at radius 1 is 1.36 bits per heavy atom. The molecule has 3 rings (SSSR count). The Morgan fingerprint density at radius 2 is 2.27 bits per heavy atom. The number of anilines is 2. The summed E-state index contributed by atoms with van der Waals surface area (Å²) in [4.78, 5) is 12.7. The first-order valence-corrected chi connectivity index (χ1v) is 7.79. The lowest BCUT2D eigenvalue weighted by molar-refractivity contribution is 0.425. The highest BCUT2D eigenvalue weighted by molar-refractivity contribution is 7.13. The van der Waals surface area contributed by atoms with Gasteiger partial charge in [-0.25, -0.2) is 9.97 Å². The fourth-order valence-electron chi connectivity index (χ4n) is 2.00. The van der Waals surface area contributed by atoms with Crippen molar-refractivity contribution in [3.05, 3.63) is 35.2 Å². The maximum atomic E-state index is 5.61. The van der Waals surface area contributed by atoms with Crippen molar-refractivity contribution in [3.8, 4) is 11.5 Å². The molecule has 8 heteroatoms. The average molecular weight is 316 g/mol. The molecule has 0 aliphatic carbocycles. The Kier molecular flexibility index (Phi) is 4.29. The van der Waals surface area contributed by atoms with Gasteiger partial charge >= 0.3 is 0 Å². The quantitative estimate of drug-likeness (QED) is 0.673. The average Bonchev–Trinajstić information content (AvgIpc) is 3.13. The first-order valence-electron chi connectivity index (χ1n) is 6.91. The Labute approximate surface area is 131 Å². The van der Waals surface area contributed by atoms with Crippen molar-refractivity contribution in [2.45, 2.75) is 19.8 Å². The maximum absolute atomic E-state index is 5.61. The topological polar surface area (TPSA) is 103 Å². The van der Waals surface area contributed by atoms with Crippen molar-refractivity contribution in [3.63, 3.8) is 0 Å². The fraction of sp³-hybridized carbons (Fsp3) is 0.286. The molecule has 0 amide bonds. The van der Waals surface area contributed by atoms with E-state index in [0.717, 1.165) is 36.5 Å². The monoisotopic (exact) mass is 316 g/mol. The van der Waals surface area contributed by atoms with E-state index in [1.807, 2.05) is 17.5 Å². The van der Waals surface area contributed by atoms with E-state index >= 15 is 0 Å². The molecule has 0 aromatic carbocycles. The van der Waals surface area contributed by atoms with Crippen molar-refractivity contribution in [1.29, 1.82) is 0 Å². The molecule has 0 atom stereocenters. The van der Waals surface area contributed by atoms with Gasteiger partial charge < -0.3 is 15.6 Å². The third-order valence-corrected chi connectivity index (χ3v) is 3.74. The van der Waals surface area contributed by atoms with E-state index in [1.54, 1.807) is 13.1 Å². The Hall–Kier alpha value is -2.48. The number of aromatic nitrogens is 4. The van der Waals surface area contributed by atoms with Gasteiger partial charge in [0.05, 0.1) is 5.69 Å². The van der Waals surface area contributed by atoms with E-state index in [1.165, 1.54) is 11.3 Å². The van der Waals surface area contributed by atoms with Crippen molar-refractivity contribution >= 4 is 22.3 Å². The zero-order valence-electron chi connectivity index (χ0n) is 12.1. The standard InChI is InChI=1S/C14H16N6OS/c1-9-18-13(21-20-9)10-4-6-17-12(7-10)16-5-2-3-11-8-22-14(15)19-11/h4,6-8H,2-3,5H2,1H3,(H2,15,19)(H,16,17). The van der Waals surface area contributed by atoms with Crippen molar-refractivity contribution < 1.29 is 4.52 Å². The van der Waals surface area contributed by atoms with Crippen LogP contribution in [0, 0.1) is 6.92 Å². The van der Waals surface area contributed by atoms with E-state index in [2.05, 4.69) is 25.4 Å². The number of hydrogen-bond donors (Lipinski definition) is 2. The molecule has 0 fully saturated rings. The van der Waals surface area contributed by atoms with E-state index in [4.69, 9.17) is 10.3 Å². The van der Waals surface area contributed by atoms with E-state index in [9.17, 15) is 0 Å². The smallest absolute Gasteiger partial charge is 0.258 e. The van der Waals surface area contributed by atoms with Crippen LogP contribution in [0.2, 0.25) is 0 Å². The summed E-state index contributed by atoms with van der Waals surface area (Å²) in [5, 5.41) is 9.68. The molecule has 0 spiro atoms. The van der Waals surface area contributed by atoms with Crippen LogP contribution in [0.15, 0.2) is 28.2 Å². The summed E-state index contributed by atoms with van der Waals surface area (Å²) in [6.45, 7) is 2.59. The van der Waals surface area contributed by atoms with Crippen LogP contribution < -0.4 is 11.1 Å². The van der Waals surface area contributed by atoms with E-state index < -0.39 is 0 Å². The molecule has 0 radical (unpaired) electrons. The fourth-order valence-corrected chi connectivity index (χ4v) is 2.60. The van der Waals surface area contributed by atoms with Gasteiger partial charge in [-0.2, -0.15) is 4.98 Å². The number of nitrogens with zero attached hydrogens (tertiary/aromatic N) is 4. The van der Waals surface area contributed by atoms with Crippen LogP contribution in [0.5, 0.6) is 0 Å². The van der Waals surface area contributed by atoms with Crippen molar-refractivity contribution in [2.75, 3.05) is 17.6 Å². The first kappa shape index (κ1) is 14.5. The maximum Gasteiger partial charge on any atom is 0.258 e. The molecule has 114 valence electrons. The zero-order chi connectivity index (χ0) is 15.4. The summed E-state index contributed by atoms with van der Waals surface area (Å²) < 4.78 is 5.16. The van der Waals surface area contributed by atoms with Crippen LogP contribution in [0.3, 0.4) is 0 Å². The van der Waals surface area contributed by atoms with Crippen LogP contribution >= 0.6 is 11.3 Å². The number of hydrogen-bond acceptors (Lipinski definition) is 8. The number of aryl methyl sites for hydroxylation is 2. The number of thiazole rings is 1. The van der Waals surface area contributed by atoms with Gasteiger partial charge in [0.1, 0.15) is 5.82 Å². The summed E-state index contributed by atoms with van der Waals surface area (Å²) in [6.07, 6.45) is 3.57. The minimum absolute atomic E-state index is 0.501. The van der Waals surface area contributed by atoms with Gasteiger partial charge in [0.25, 0.3) is 5.89 Å². The van der Waals surface area contributed by atoms with Gasteiger partial charge in [-0.3, -0.25) is 0 Å². The van der Waals surface area contributed by atoms with E-state index in [-0.39, 0.29) is 0 Å². The van der Waals surface area contributed by atoms with Crippen molar-refractivity contribution in [2.24, 2.45) is 0 Å². The summed E-state index contributed by atoms with van der Waals surface area (Å²) in [7, 11) is 0. The molecule has 0 saturated heterocycles. The predicted octanol–water partition coefficient (Wildman–Crippen LogP) is 2.52. The van der Waals surface area contributed by atoms with Crippen molar-refractivity contribution in [1.82, 2.24) is 20.1 Å². The lowest BCUT2D eigenvalue weighted by Gasteiger charge is -2.05. The van der Waals surface area contributed by atoms with Crippen LogP contribution in [0.1, 0.15) is 17.9 Å². The first-order chi connectivity index (χ1) is 10.7. The van der Waals surface area contributed by atoms with Gasteiger partial charge in [-0.05, 0) is 31.9 Å². The highest BCUT2D eigenvalue weighted by atomic mass is 32.1. The third kappa shape index (κ3) is 3.59. The van der Waals surface area contributed by atoms with Gasteiger partial charge in [0, 0.05) is 23.7 Å². The van der Waals surface area contributed by atoms with Gasteiger partial charge in [-0.1, -0.05) is 5.16 Å². The molecule has 0 saturated carbocycles. The largest absolute Gasteiger partial charge is 0.375 e. The molecule has 22 heavy (non-hydrogen) atoms. The number of nitrogen functional groups attached to an aromatic ring is 1.